The third kappa shape index (κ3) is 7.66. The summed E-state index contributed by atoms with van der Waals surface area (Å²) < 4.78 is 29.3. The van der Waals surface area contributed by atoms with Gasteiger partial charge in [-0.3, -0.25) is 14.2 Å². The molecule has 1 aromatic heterocycles. The Labute approximate surface area is 210 Å². The number of nitrogens with two attached hydrogens (primary N) is 1. The largest absolute Gasteiger partial charge is 0.465 e. The van der Waals surface area contributed by atoms with Crippen LogP contribution in [0.2, 0.25) is 0 Å². The van der Waals surface area contributed by atoms with Crippen molar-refractivity contribution >= 4 is 42.7 Å². The van der Waals surface area contributed by atoms with E-state index in [4.69, 9.17) is 19.9 Å². The van der Waals surface area contributed by atoms with Gasteiger partial charge in [0.15, 0.2) is 11.6 Å². The molecule has 0 radical (unpaired) electrons. The zero-order valence-corrected chi connectivity index (χ0v) is 22.1. The summed E-state index contributed by atoms with van der Waals surface area (Å²) in [6.07, 6.45) is 1.93. The van der Waals surface area contributed by atoms with E-state index < -0.39 is 31.5 Å². The van der Waals surface area contributed by atoms with Gasteiger partial charge in [-0.2, -0.15) is 9.97 Å². The lowest BCUT2D eigenvalue weighted by atomic mass is 10.4. The Morgan fingerprint density at radius 3 is 2.31 bits per heavy atom. The molecule has 2 unspecified atom stereocenters. The Kier molecular flexibility index (Phi) is 9.71. The highest BCUT2D eigenvalue weighted by atomic mass is 31.2. The van der Waals surface area contributed by atoms with Gasteiger partial charge in [-0.1, -0.05) is 0 Å². The van der Waals surface area contributed by atoms with Crippen molar-refractivity contribution in [2.75, 3.05) is 60.6 Å². The minimum absolute atomic E-state index is 0.172. The van der Waals surface area contributed by atoms with E-state index in [-0.39, 0.29) is 32.1 Å². The van der Waals surface area contributed by atoms with Crippen LogP contribution in [0.1, 0.15) is 40.5 Å². The van der Waals surface area contributed by atoms with E-state index in [0.717, 1.165) is 18.5 Å². The van der Waals surface area contributed by atoms with E-state index in [0.29, 0.717) is 30.9 Å². The minimum Gasteiger partial charge on any atom is -0.465 e. The number of nitrogen functional groups attached to an aromatic ring is 1. The number of carbonyl (C=O) groups excluding carboxylic acids is 2. The van der Waals surface area contributed by atoms with Crippen LogP contribution in [0.4, 0.5) is 23.3 Å². The Bertz CT molecular complexity index is 948. The van der Waals surface area contributed by atoms with Crippen molar-refractivity contribution in [3.05, 3.63) is 0 Å². The molecule has 14 nitrogen and oxygen atoms in total. The van der Waals surface area contributed by atoms with Crippen LogP contribution < -0.4 is 31.4 Å². The molecule has 2 aliphatic rings. The predicted octanol–water partition coefficient (Wildman–Crippen LogP) is 1.07. The molecule has 3 rings (SSSR count). The van der Waals surface area contributed by atoms with E-state index >= 15 is 0 Å². The molecule has 6 N–H and O–H groups in total. The summed E-state index contributed by atoms with van der Waals surface area (Å²) in [5.41, 5.74) is 6.70. The Balaban J connectivity index is 1.59. The minimum atomic E-state index is -3.55. The van der Waals surface area contributed by atoms with Gasteiger partial charge in [-0.15, -0.1) is 0 Å². The average molecular weight is 529 g/mol. The van der Waals surface area contributed by atoms with Crippen LogP contribution in [-0.2, 0) is 28.4 Å². The summed E-state index contributed by atoms with van der Waals surface area (Å²) in [7, 11) is -3.55. The molecule has 0 bridgehead atoms. The van der Waals surface area contributed by atoms with Crippen LogP contribution in [-0.4, -0.2) is 79.4 Å². The van der Waals surface area contributed by atoms with Gasteiger partial charge >= 0.3 is 11.9 Å². The van der Waals surface area contributed by atoms with Crippen molar-refractivity contribution in [3.63, 3.8) is 0 Å². The Morgan fingerprint density at radius 2 is 1.75 bits per heavy atom. The van der Waals surface area contributed by atoms with Crippen molar-refractivity contribution in [3.8, 4) is 0 Å². The summed E-state index contributed by atoms with van der Waals surface area (Å²) in [6.45, 7) is 7.94. The number of nitrogens with one attached hydrogen (secondary N) is 4. The first-order valence-electron chi connectivity index (χ1n) is 12.1. The van der Waals surface area contributed by atoms with Crippen molar-refractivity contribution in [2.24, 2.45) is 0 Å². The topological polar surface area (TPSA) is 182 Å². The first kappa shape index (κ1) is 27.9. The van der Waals surface area contributed by atoms with Crippen LogP contribution in [0, 0.1) is 0 Å². The summed E-state index contributed by atoms with van der Waals surface area (Å²) in [5, 5.41) is 12.1. The first-order chi connectivity index (χ1) is 17.2. The Hall–Kier alpha value is -2.67. The van der Waals surface area contributed by atoms with E-state index in [1.54, 1.807) is 13.8 Å². The maximum Gasteiger partial charge on any atom is 0.323 e. The molecular weight excluding hydrogens is 491 g/mol. The van der Waals surface area contributed by atoms with Crippen LogP contribution in [0.15, 0.2) is 0 Å². The van der Waals surface area contributed by atoms with Gasteiger partial charge in [0.05, 0.1) is 26.5 Å². The van der Waals surface area contributed by atoms with Crippen molar-refractivity contribution in [1.82, 2.24) is 20.1 Å². The SMILES string of the molecule is CCOC(=O)C(C)NP(=O)(COCCN1CNc2c(NC3CC3)nc(N)nc21)NC(C)C(=O)OCC. The molecular formula is C21H37N8O6P. The van der Waals surface area contributed by atoms with Crippen LogP contribution in [0.25, 0.3) is 0 Å². The van der Waals surface area contributed by atoms with E-state index in [1.165, 1.54) is 13.8 Å². The molecule has 0 spiro atoms. The van der Waals surface area contributed by atoms with Crippen molar-refractivity contribution in [1.29, 1.82) is 0 Å². The number of fused-ring (bicyclic) bond motifs is 1. The Morgan fingerprint density at radius 1 is 1.14 bits per heavy atom. The summed E-state index contributed by atoms with van der Waals surface area (Å²) in [6, 6.07) is -1.35. The summed E-state index contributed by atoms with van der Waals surface area (Å²) >= 11 is 0. The van der Waals surface area contributed by atoms with Gasteiger partial charge in [0.25, 0.3) is 0 Å². The second-order valence-corrected chi connectivity index (χ2v) is 10.9. The lowest BCUT2D eigenvalue weighted by Gasteiger charge is -2.26. The molecule has 0 saturated heterocycles. The number of esters is 2. The molecule has 2 heterocycles. The monoisotopic (exact) mass is 528 g/mol. The normalized spacial score (nSPS) is 17.9. The number of nitrogens with zero attached hydrogens (tertiary/aromatic N) is 3. The number of hydrogen-bond donors (Lipinski definition) is 5. The van der Waals surface area contributed by atoms with E-state index in [2.05, 4.69) is 30.8 Å². The fourth-order valence-electron chi connectivity index (χ4n) is 3.56. The molecule has 15 heteroatoms. The van der Waals surface area contributed by atoms with Crippen molar-refractivity contribution in [2.45, 2.75) is 58.7 Å². The molecule has 1 fully saturated rings. The van der Waals surface area contributed by atoms with Gasteiger partial charge < -0.3 is 35.5 Å². The molecule has 202 valence electrons. The van der Waals surface area contributed by atoms with E-state index in [9.17, 15) is 14.2 Å². The van der Waals surface area contributed by atoms with Crippen LogP contribution in [0.5, 0.6) is 0 Å². The molecule has 2 atom stereocenters. The zero-order valence-electron chi connectivity index (χ0n) is 21.2. The van der Waals surface area contributed by atoms with Crippen LogP contribution >= 0.6 is 7.44 Å². The number of anilines is 4. The quantitative estimate of drug-likeness (QED) is 0.124. The van der Waals surface area contributed by atoms with Gasteiger partial charge in [-0.25, -0.2) is 10.2 Å². The molecule has 1 aliphatic carbocycles. The second kappa shape index (κ2) is 12.5. The number of aromatic nitrogens is 2. The highest BCUT2D eigenvalue weighted by Crippen LogP contribution is 2.39. The van der Waals surface area contributed by atoms with E-state index in [1.807, 2.05) is 4.90 Å². The third-order valence-electron chi connectivity index (χ3n) is 5.43. The molecule has 1 aliphatic heterocycles. The molecule has 0 amide bonds. The zero-order chi connectivity index (χ0) is 26.3. The number of carbonyl (C=O) groups is 2. The van der Waals surface area contributed by atoms with Gasteiger partial charge in [0.1, 0.15) is 24.1 Å². The fraction of sp³-hybridized carbons (Fsp3) is 0.714. The first-order valence-corrected chi connectivity index (χ1v) is 14.0. The van der Waals surface area contributed by atoms with Crippen LogP contribution in [0.3, 0.4) is 0 Å². The summed E-state index contributed by atoms with van der Waals surface area (Å²) in [5.74, 6) is 0.403. The highest BCUT2D eigenvalue weighted by molar-refractivity contribution is 7.59. The summed E-state index contributed by atoms with van der Waals surface area (Å²) in [4.78, 5) is 34.8. The maximum absolute atomic E-state index is 13.6. The van der Waals surface area contributed by atoms with Gasteiger partial charge in [-0.05, 0) is 40.5 Å². The highest BCUT2D eigenvalue weighted by Gasteiger charge is 2.33. The second-order valence-electron chi connectivity index (χ2n) is 8.63. The smallest absolute Gasteiger partial charge is 0.323 e. The average Bonchev–Trinajstić information content (AvgIpc) is 3.54. The molecule has 1 aromatic rings. The fourth-order valence-corrected chi connectivity index (χ4v) is 5.63. The molecule has 36 heavy (non-hydrogen) atoms. The predicted molar refractivity (Wildman–Crippen MR) is 136 cm³/mol. The van der Waals surface area contributed by atoms with Gasteiger partial charge in [0, 0.05) is 12.6 Å². The number of ether oxygens (including phenoxy) is 3. The number of hydrogen-bond acceptors (Lipinski definition) is 12. The molecule has 0 aromatic carbocycles. The lowest BCUT2D eigenvalue weighted by molar-refractivity contribution is -0.145. The molecule has 1 saturated carbocycles. The number of rotatable bonds is 15. The van der Waals surface area contributed by atoms with Gasteiger partial charge in [0.2, 0.25) is 13.4 Å². The lowest BCUT2D eigenvalue weighted by Crippen LogP contribution is -2.43. The van der Waals surface area contributed by atoms with Crippen molar-refractivity contribution < 1.29 is 28.4 Å². The third-order valence-corrected chi connectivity index (χ3v) is 7.59. The maximum atomic E-state index is 13.6. The standard InChI is InChI=1S/C21H37N8O6P/c1-5-34-19(30)13(3)27-36(32,28-14(4)20(31)35-6-2)12-33-10-9-29-11-23-16-17(24-15-7-8-15)25-21(22)26-18(16)29/h13-15,23H,5-12H2,1-4H3,(H2,27,28,32)(H3,22,24,25,26).